The largest absolute Gasteiger partial charge is 0.488 e. The third-order valence-corrected chi connectivity index (χ3v) is 3.02. The second kappa shape index (κ2) is 6.71. The summed E-state index contributed by atoms with van der Waals surface area (Å²) < 4.78 is 6.61. The lowest BCUT2D eigenvalue weighted by Crippen LogP contribution is -2.21. The maximum Gasteiger partial charge on any atom is 0.137 e. The van der Waals surface area contributed by atoms with Crippen molar-refractivity contribution in [2.75, 3.05) is 6.61 Å². The molecule has 0 radical (unpaired) electrons. The Morgan fingerprint density at radius 1 is 1.56 bits per heavy atom. The molecule has 3 heteroatoms. The lowest BCUT2D eigenvalue weighted by Gasteiger charge is -2.14. The minimum atomic E-state index is 0.181. The van der Waals surface area contributed by atoms with E-state index in [9.17, 15) is 0 Å². The van der Waals surface area contributed by atoms with E-state index in [1.54, 1.807) is 6.08 Å². The number of hydrogen-bond donors (Lipinski definition) is 1. The highest BCUT2D eigenvalue weighted by atomic mass is 79.9. The standard InChI is InChI=1S/C13H18BrNO/c1-3-8-16-13-10(9-11(15)4-2)6-5-7-12(13)14/h3,5-7,11H,1,4,8-9,15H2,2H3. The monoisotopic (exact) mass is 283 g/mol. The van der Waals surface area contributed by atoms with E-state index in [-0.39, 0.29) is 6.04 Å². The van der Waals surface area contributed by atoms with Gasteiger partial charge in [0, 0.05) is 6.04 Å². The van der Waals surface area contributed by atoms with Crippen molar-refractivity contribution in [2.45, 2.75) is 25.8 Å². The number of nitrogens with two attached hydrogens (primary N) is 1. The highest BCUT2D eigenvalue weighted by Gasteiger charge is 2.10. The zero-order chi connectivity index (χ0) is 12.0. The Labute approximate surface area is 106 Å². The maximum absolute atomic E-state index is 5.96. The zero-order valence-electron chi connectivity index (χ0n) is 9.58. The van der Waals surface area contributed by atoms with E-state index in [2.05, 4.69) is 35.5 Å². The Morgan fingerprint density at radius 2 is 2.31 bits per heavy atom. The van der Waals surface area contributed by atoms with Gasteiger partial charge in [-0.25, -0.2) is 0 Å². The van der Waals surface area contributed by atoms with Gasteiger partial charge in [-0.05, 0) is 40.4 Å². The van der Waals surface area contributed by atoms with Crippen molar-refractivity contribution in [1.82, 2.24) is 0 Å². The van der Waals surface area contributed by atoms with E-state index in [1.807, 2.05) is 12.1 Å². The molecule has 0 amide bonds. The molecule has 0 aliphatic carbocycles. The Hall–Kier alpha value is -0.800. The molecule has 88 valence electrons. The van der Waals surface area contributed by atoms with E-state index in [0.29, 0.717) is 6.61 Å². The Morgan fingerprint density at radius 3 is 2.94 bits per heavy atom. The average Bonchev–Trinajstić information content (AvgIpc) is 2.28. The van der Waals surface area contributed by atoms with Crippen molar-refractivity contribution in [3.8, 4) is 5.75 Å². The van der Waals surface area contributed by atoms with Crippen LogP contribution >= 0.6 is 15.9 Å². The van der Waals surface area contributed by atoms with E-state index < -0.39 is 0 Å². The summed E-state index contributed by atoms with van der Waals surface area (Å²) in [5, 5.41) is 0. The van der Waals surface area contributed by atoms with E-state index >= 15 is 0 Å². The third kappa shape index (κ3) is 3.65. The molecule has 0 saturated heterocycles. The molecule has 0 spiro atoms. The zero-order valence-corrected chi connectivity index (χ0v) is 11.2. The molecule has 0 heterocycles. The second-order valence-electron chi connectivity index (χ2n) is 3.70. The highest BCUT2D eigenvalue weighted by Crippen LogP contribution is 2.30. The molecule has 1 unspecified atom stereocenters. The normalized spacial score (nSPS) is 12.2. The fraction of sp³-hybridized carbons (Fsp3) is 0.385. The van der Waals surface area contributed by atoms with Crippen molar-refractivity contribution < 1.29 is 4.74 Å². The number of halogens is 1. The van der Waals surface area contributed by atoms with Crippen LogP contribution in [0.1, 0.15) is 18.9 Å². The van der Waals surface area contributed by atoms with Crippen LogP contribution in [-0.4, -0.2) is 12.6 Å². The minimum Gasteiger partial charge on any atom is -0.488 e. The van der Waals surface area contributed by atoms with E-state index in [4.69, 9.17) is 10.5 Å². The molecular weight excluding hydrogens is 266 g/mol. The number of ether oxygens (including phenoxy) is 1. The predicted octanol–water partition coefficient (Wildman–Crippen LogP) is 3.29. The summed E-state index contributed by atoms with van der Waals surface area (Å²) in [4.78, 5) is 0. The Kier molecular flexibility index (Phi) is 5.56. The topological polar surface area (TPSA) is 35.2 Å². The molecule has 0 saturated carbocycles. The van der Waals surface area contributed by atoms with Crippen molar-refractivity contribution in [3.05, 3.63) is 40.9 Å². The first-order valence-corrected chi connectivity index (χ1v) is 6.25. The molecule has 1 aromatic carbocycles. The van der Waals surface area contributed by atoms with Gasteiger partial charge in [-0.3, -0.25) is 0 Å². The van der Waals surface area contributed by atoms with Gasteiger partial charge >= 0.3 is 0 Å². The quantitative estimate of drug-likeness (QED) is 0.813. The fourth-order valence-electron chi connectivity index (χ4n) is 1.44. The van der Waals surface area contributed by atoms with Gasteiger partial charge in [-0.2, -0.15) is 0 Å². The molecule has 0 aliphatic rings. The minimum absolute atomic E-state index is 0.181. The molecule has 2 N–H and O–H groups in total. The van der Waals surface area contributed by atoms with Gasteiger partial charge in [0.05, 0.1) is 4.47 Å². The predicted molar refractivity (Wildman–Crippen MR) is 71.8 cm³/mol. The van der Waals surface area contributed by atoms with Gasteiger partial charge in [-0.15, -0.1) is 0 Å². The summed E-state index contributed by atoms with van der Waals surface area (Å²) in [6.45, 7) is 6.25. The molecule has 1 rings (SSSR count). The van der Waals surface area contributed by atoms with Gasteiger partial charge in [0.2, 0.25) is 0 Å². The van der Waals surface area contributed by atoms with Crippen LogP contribution in [0.3, 0.4) is 0 Å². The molecule has 2 nitrogen and oxygen atoms in total. The fourth-order valence-corrected chi connectivity index (χ4v) is 1.97. The lowest BCUT2D eigenvalue weighted by molar-refractivity contribution is 0.355. The summed E-state index contributed by atoms with van der Waals surface area (Å²) in [5.74, 6) is 0.881. The van der Waals surface area contributed by atoms with Crippen LogP contribution in [-0.2, 0) is 6.42 Å². The molecule has 0 aromatic heterocycles. The van der Waals surface area contributed by atoms with Crippen LogP contribution in [0.25, 0.3) is 0 Å². The van der Waals surface area contributed by atoms with Crippen LogP contribution in [0.15, 0.2) is 35.3 Å². The molecule has 1 atom stereocenters. The number of rotatable bonds is 6. The van der Waals surface area contributed by atoms with Crippen molar-refractivity contribution in [1.29, 1.82) is 0 Å². The maximum atomic E-state index is 5.96. The van der Waals surface area contributed by atoms with Gasteiger partial charge < -0.3 is 10.5 Å². The average molecular weight is 284 g/mol. The SMILES string of the molecule is C=CCOc1c(Br)cccc1CC(N)CC. The Bertz CT molecular complexity index is 352. The van der Waals surface area contributed by atoms with E-state index in [0.717, 1.165) is 28.6 Å². The molecular formula is C13H18BrNO. The lowest BCUT2D eigenvalue weighted by atomic mass is 10.0. The number of benzene rings is 1. The molecule has 0 fully saturated rings. The van der Waals surface area contributed by atoms with Crippen LogP contribution in [0.2, 0.25) is 0 Å². The molecule has 1 aromatic rings. The van der Waals surface area contributed by atoms with Gasteiger partial charge in [0.25, 0.3) is 0 Å². The van der Waals surface area contributed by atoms with Gasteiger partial charge in [0.15, 0.2) is 0 Å². The Balaban J connectivity index is 2.88. The second-order valence-corrected chi connectivity index (χ2v) is 4.55. The number of hydrogen-bond acceptors (Lipinski definition) is 2. The van der Waals surface area contributed by atoms with Crippen LogP contribution in [0, 0.1) is 0 Å². The first-order chi connectivity index (χ1) is 7.69. The smallest absolute Gasteiger partial charge is 0.137 e. The summed E-state index contributed by atoms with van der Waals surface area (Å²) in [6, 6.07) is 6.21. The summed E-state index contributed by atoms with van der Waals surface area (Å²) in [5.41, 5.74) is 7.11. The molecule has 0 aliphatic heterocycles. The van der Waals surface area contributed by atoms with Gasteiger partial charge in [-0.1, -0.05) is 31.7 Å². The van der Waals surface area contributed by atoms with Crippen LogP contribution in [0.5, 0.6) is 5.75 Å². The van der Waals surface area contributed by atoms with Crippen molar-refractivity contribution in [2.24, 2.45) is 5.73 Å². The summed E-state index contributed by atoms with van der Waals surface area (Å²) in [6.07, 6.45) is 3.54. The number of para-hydroxylation sites is 1. The van der Waals surface area contributed by atoms with Crippen LogP contribution in [0.4, 0.5) is 0 Å². The van der Waals surface area contributed by atoms with Crippen molar-refractivity contribution in [3.63, 3.8) is 0 Å². The van der Waals surface area contributed by atoms with Crippen LogP contribution < -0.4 is 10.5 Å². The van der Waals surface area contributed by atoms with E-state index in [1.165, 1.54) is 0 Å². The molecule has 0 bridgehead atoms. The highest BCUT2D eigenvalue weighted by molar-refractivity contribution is 9.10. The first-order valence-electron chi connectivity index (χ1n) is 5.45. The summed E-state index contributed by atoms with van der Waals surface area (Å²) in [7, 11) is 0. The van der Waals surface area contributed by atoms with Gasteiger partial charge in [0.1, 0.15) is 12.4 Å². The first kappa shape index (κ1) is 13.3. The summed E-state index contributed by atoms with van der Waals surface area (Å²) >= 11 is 3.49. The molecule has 16 heavy (non-hydrogen) atoms. The third-order valence-electron chi connectivity index (χ3n) is 2.40. The van der Waals surface area contributed by atoms with Crippen molar-refractivity contribution >= 4 is 15.9 Å².